The van der Waals surface area contributed by atoms with Gasteiger partial charge in [0.2, 0.25) is 5.91 Å². The van der Waals surface area contributed by atoms with Gasteiger partial charge in [-0.25, -0.2) is 4.79 Å². The van der Waals surface area contributed by atoms with Crippen LogP contribution < -0.4 is 20.9 Å². The lowest BCUT2D eigenvalue weighted by Crippen LogP contribution is -2.49. The highest BCUT2D eigenvalue weighted by Crippen LogP contribution is 2.33. The van der Waals surface area contributed by atoms with Gasteiger partial charge in [-0.05, 0) is 56.9 Å². The number of amides is 5. The summed E-state index contributed by atoms with van der Waals surface area (Å²) < 4.78 is 5.73. The summed E-state index contributed by atoms with van der Waals surface area (Å²) in [5.41, 5.74) is 5.39. The van der Waals surface area contributed by atoms with E-state index in [0.717, 1.165) is 35.3 Å². The summed E-state index contributed by atoms with van der Waals surface area (Å²) in [6, 6.07) is 3.01. The molecule has 3 rings (SSSR count). The van der Waals surface area contributed by atoms with Crippen LogP contribution in [-0.2, 0) is 14.4 Å². The fourth-order valence-electron chi connectivity index (χ4n) is 4.20. The first kappa shape index (κ1) is 23.8. The molecule has 1 saturated carbocycles. The van der Waals surface area contributed by atoms with Gasteiger partial charge >= 0.3 is 6.03 Å². The summed E-state index contributed by atoms with van der Waals surface area (Å²) >= 11 is 6.01. The number of carbonyl (C=O) groups is 4. The van der Waals surface area contributed by atoms with E-state index in [1.807, 2.05) is 13.8 Å². The maximum atomic E-state index is 12.7. The van der Waals surface area contributed by atoms with Crippen molar-refractivity contribution in [3.8, 4) is 5.75 Å². The molecule has 2 aliphatic rings. The van der Waals surface area contributed by atoms with Crippen LogP contribution in [0.5, 0.6) is 5.75 Å². The Morgan fingerprint density at radius 2 is 1.78 bits per heavy atom. The van der Waals surface area contributed by atoms with Crippen LogP contribution in [0.3, 0.4) is 0 Å². The third-order valence-corrected chi connectivity index (χ3v) is 6.15. The molecule has 1 aliphatic heterocycles. The number of nitrogens with one attached hydrogen (secondary N) is 3. The van der Waals surface area contributed by atoms with Gasteiger partial charge in [-0.2, -0.15) is 0 Å². The molecule has 5 amide bonds. The molecule has 1 aliphatic carbocycles. The highest BCUT2D eigenvalue weighted by molar-refractivity contribution is 6.30. The van der Waals surface area contributed by atoms with Crippen molar-refractivity contribution in [1.29, 1.82) is 0 Å². The largest absolute Gasteiger partial charge is 0.480 e. The van der Waals surface area contributed by atoms with Gasteiger partial charge in [-0.1, -0.05) is 30.9 Å². The molecule has 1 unspecified atom stereocenters. The van der Waals surface area contributed by atoms with Crippen molar-refractivity contribution in [2.75, 3.05) is 6.54 Å². The van der Waals surface area contributed by atoms with Crippen LogP contribution in [0.2, 0.25) is 5.02 Å². The standard InChI is InChI=1S/C22H29ClN4O5/c1-13-11-16(23)12-14(2)18(13)32-15(3)19(29)26-25-17(28)7-10-27-20(30)22(24-21(27)31)8-5-4-6-9-22/h11-12,15H,4-10H2,1-3H3,(H,24,31)(H,25,28)(H,26,29). The topological polar surface area (TPSA) is 117 Å². The van der Waals surface area contributed by atoms with E-state index in [9.17, 15) is 19.2 Å². The molecule has 0 bridgehead atoms. The Morgan fingerprint density at radius 1 is 1.16 bits per heavy atom. The third kappa shape index (κ3) is 5.15. The molecule has 1 spiro atoms. The lowest BCUT2D eigenvalue weighted by Gasteiger charge is -2.30. The Balaban J connectivity index is 1.46. The van der Waals surface area contributed by atoms with Crippen LogP contribution >= 0.6 is 11.6 Å². The molecular formula is C22H29ClN4O5. The van der Waals surface area contributed by atoms with E-state index < -0.39 is 29.5 Å². The van der Waals surface area contributed by atoms with E-state index >= 15 is 0 Å². The van der Waals surface area contributed by atoms with Gasteiger partial charge in [0.15, 0.2) is 6.10 Å². The minimum Gasteiger partial charge on any atom is -0.480 e. The summed E-state index contributed by atoms with van der Waals surface area (Å²) in [7, 11) is 0. The Bertz CT molecular complexity index is 906. The molecule has 174 valence electrons. The molecule has 9 nitrogen and oxygen atoms in total. The predicted octanol–water partition coefficient (Wildman–Crippen LogP) is 2.52. The summed E-state index contributed by atoms with van der Waals surface area (Å²) in [4.78, 5) is 50.5. The van der Waals surface area contributed by atoms with Crippen LogP contribution in [0.15, 0.2) is 12.1 Å². The van der Waals surface area contributed by atoms with Gasteiger partial charge in [0.05, 0.1) is 0 Å². The molecular weight excluding hydrogens is 436 g/mol. The van der Waals surface area contributed by atoms with E-state index in [1.54, 1.807) is 19.1 Å². The van der Waals surface area contributed by atoms with Gasteiger partial charge in [-0.3, -0.25) is 30.1 Å². The van der Waals surface area contributed by atoms with E-state index in [0.29, 0.717) is 23.6 Å². The van der Waals surface area contributed by atoms with Crippen molar-refractivity contribution in [3.05, 3.63) is 28.3 Å². The van der Waals surface area contributed by atoms with Crippen molar-refractivity contribution < 1.29 is 23.9 Å². The van der Waals surface area contributed by atoms with Crippen molar-refractivity contribution in [3.63, 3.8) is 0 Å². The monoisotopic (exact) mass is 464 g/mol. The molecule has 1 aromatic rings. The van der Waals surface area contributed by atoms with Gasteiger partial charge in [0.1, 0.15) is 11.3 Å². The Kier molecular flexibility index (Phi) is 7.28. The Morgan fingerprint density at radius 3 is 2.41 bits per heavy atom. The maximum Gasteiger partial charge on any atom is 0.325 e. The zero-order valence-electron chi connectivity index (χ0n) is 18.5. The fraction of sp³-hybridized carbons (Fsp3) is 0.545. The minimum absolute atomic E-state index is 0.0522. The first-order valence-corrected chi connectivity index (χ1v) is 11.2. The molecule has 1 aromatic carbocycles. The molecule has 2 fully saturated rings. The van der Waals surface area contributed by atoms with Crippen molar-refractivity contribution in [2.24, 2.45) is 0 Å². The number of hydrazine groups is 1. The summed E-state index contributed by atoms with van der Waals surface area (Å²) in [6.45, 7) is 5.16. The number of hydrogen-bond donors (Lipinski definition) is 3. The Hall–Kier alpha value is -2.81. The second-order valence-corrected chi connectivity index (χ2v) is 8.88. The fourth-order valence-corrected chi connectivity index (χ4v) is 4.52. The first-order chi connectivity index (χ1) is 15.1. The Labute approximate surface area is 192 Å². The van der Waals surface area contributed by atoms with Crippen LogP contribution in [0.1, 0.15) is 56.6 Å². The number of aryl methyl sites for hydroxylation is 2. The van der Waals surface area contributed by atoms with Crippen LogP contribution in [0.4, 0.5) is 4.79 Å². The average Bonchev–Trinajstić information content (AvgIpc) is 2.96. The number of benzene rings is 1. The van der Waals surface area contributed by atoms with E-state index in [2.05, 4.69) is 16.2 Å². The van der Waals surface area contributed by atoms with Gasteiger partial charge in [-0.15, -0.1) is 0 Å². The molecule has 1 atom stereocenters. The lowest BCUT2D eigenvalue weighted by molar-refractivity contribution is -0.134. The highest BCUT2D eigenvalue weighted by atomic mass is 35.5. The quantitative estimate of drug-likeness (QED) is 0.441. The van der Waals surface area contributed by atoms with E-state index in [4.69, 9.17) is 16.3 Å². The van der Waals surface area contributed by atoms with Crippen LogP contribution in [-0.4, -0.2) is 46.8 Å². The number of nitrogens with zero attached hydrogens (tertiary/aromatic N) is 1. The van der Waals surface area contributed by atoms with Crippen molar-refractivity contribution in [1.82, 2.24) is 21.1 Å². The molecule has 32 heavy (non-hydrogen) atoms. The van der Waals surface area contributed by atoms with E-state index in [1.165, 1.54) is 0 Å². The minimum atomic E-state index is -0.869. The number of urea groups is 1. The second kappa shape index (κ2) is 9.77. The SMILES string of the molecule is Cc1cc(Cl)cc(C)c1OC(C)C(=O)NNC(=O)CCN1C(=O)NC2(CCCCC2)C1=O. The molecule has 10 heteroatoms. The van der Waals surface area contributed by atoms with Gasteiger partial charge < -0.3 is 10.1 Å². The first-order valence-electron chi connectivity index (χ1n) is 10.8. The number of carbonyl (C=O) groups excluding carboxylic acids is 4. The molecule has 1 saturated heterocycles. The smallest absolute Gasteiger partial charge is 0.325 e. The lowest BCUT2D eigenvalue weighted by atomic mass is 9.82. The second-order valence-electron chi connectivity index (χ2n) is 8.45. The number of rotatable bonds is 6. The van der Waals surface area contributed by atoms with Crippen molar-refractivity contribution in [2.45, 2.75) is 70.9 Å². The molecule has 1 heterocycles. The zero-order chi connectivity index (χ0) is 23.5. The third-order valence-electron chi connectivity index (χ3n) is 5.93. The van der Waals surface area contributed by atoms with Crippen molar-refractivity contribution >= 4 is 35.4 Å². The molecule has 0 radical (unpaired) electrons. The highest BCUT2D eigenvalue weighted by Gasteiger charge is 2.51. The average molecular weight is 465 g/mol. The maximum absolute atomic E-state index is 12.7. The number of halogens is 1. The van der Waals surface area contributed by atoms with Gasteiger partial charge in [0, 0.05) is 18.0 Å². The summed E-state index contributed by atoms with van der Waals surface area (Å²) in [5, 5.41) is 3.38. The predicted molar refractivity (Wildman–Crippen MR) is 118 cm³/mol. The number of imide groups is 1. The molecule has 0 aromatic heterocycles. The zero-order valence-corrected chi connectivity index (χ0v) is 19.3. The van der Waals surface area contributed by atoms with E-state index in [-0.39, 0.29) is 18.9 Å². The number of hydrogen-bond acceptors (Lipinski definition) is 5. The van der Waals surface area contributed by atoms with Crippen LogP contribution in [0.25, 0.3) is 0 Å². The normalized spacial score (nSPS) is 18.3. The van der Waals surface area contributed by atoms with Gasteiger partial charge in [0.25, 0.3) is 11.8 Å². The summed E-state index contributed by atoms with van der Waals surface area (Å²) in [6.07, 6.45) is 3.09. The number of ether oxygens (including phenoxy) is 1. The van der Waals surface area contributed by atoms with Crippen LogP contribution in [0, 0.1) is 13.8 Å². The molecule has 3 N–H and O–H groups in total. The summed E-state index contributed by atoms with van der Waals surface area (Å²) in [5.74, 6) is -0.772.